The van der Waals surface area contributed by atoms with Crippen molar-refractivity contribution in [2.45, 2.75) is 37.6 Å². The van der Waals surface area contributed by atoms with Crippen LogP contribution in [-0.4, -0.2) is 33.5 Å². The SMILES string of the molecule is Cc1ccccc1C(=O)Nc1cc(F)c(S(=O)(=O)N[C@H](C)C2CCNCC2)cc1Cl.Cl. The highest BCUT2D eigenvalue weighted by Crippen LogP contribution is 2.29. The fourth-order valence-electron chi connectivity index (χ4n) is 3.60. The molecule has 3 rings (SSSR count). The Morgan fingerprint density at radius 2 is 1.87 bits per heavy atom. The van der Waals surface area contributed by atoms with Gasteiger partial charge in [-0.05, 0) is 63.4 Å². The van der Waals surface area contributed by atoms with Gasteiger partial charge in [-0.3, -0.25) is 4.79 Å². The van der Waals surface area contributed by atoms with Gasteiger partial charge in [0.05, 0.1) is 10.7 Å². The Bertz CT molecular complexity index is 1040. The summed E-state index contributed by atoms with van der Waals surface area (Å²) in [5, 5.41) is 5.71. The number of rotatable bonds is 6. The Kier molecular flexibility index (Phi) is 8.85. The van der Waals surface area contributed by atoms with Gasteiger partial charge in [-0.25, -0.2) is 17.5 Å². The Labute approximate surface area is 193 Å². The Hall–Kier alpha value is -1.71. The first kappa shape index (κ1) is 25.5. The van der Waals surface area contributed by atoms with Crippen molar-refractivity contribution in [3.8, 4) is 0 Å². The lowest BCUT2D eigenvalue weighted by atomic mass is 9.92. The van der Waals surface area contributed by atoms with E-state index in [1.807, 2.05) is 0 Å². The molecule has 1 aliphatic heterocycles. The molecular formula is C21H26Cl2FN3O3S. The minimum atomic E-state index is -4.11. The lowest BCUT2D eigenvalue weighted by Crippen LogP contribution is -2.42. The van der Waals surface area contributed by atoms with E-state index in [-0.39, 0.29) is 35.1 Å². The summed E-state index contributed by atoms with van der Waals surface area (Å²) in [5.74, 6) is -1.26. The molecule has 1 saturated heterocycles. The first-order valence-electron chi connectivity index (χ1n) is 9.78. The number of amides is 1. The van der Waals surface area contributed by atoms with E-state index in [4.69, 9.17) is 11.6 Å². The average molecular weight is 490 g/mol. The molecule has 0 spiro atoms. The van der Waals surface area contributed by atoms with Gasteiger partial charge in [0.25, 0.3) is 5.91 Å². The van der Waals surface area contributed by atoms with Gasteiger partial charge in [-0.15, -0.1) is 12.4 Å². The van der Waals surface area contributed by atoms with Crippen molar-refractivity contribution in [1.82, 2.24) is 10.0 Å². The minimum absolute atomic E-state index is 0. The molecule has 0 bridgehead atoms. The predicted octanol–water partition coefficient (Wildman–Crippen LogP) is 4.13. The number of hydrogen-bond donors (Lipinski definition) is 3. The van der Waals surface area contributed by atoms with Crippen LogP contribution in [0.25, 0.3) is 0 Å². The summed E-state index contributed by atoms with van der Waals surface area (Å²) in [6, 6.07) is 8.56. The molecule has 0 radical (unpaired) electrons. The van der Waals surface area contributed by atoms with Crippen LogP contribution >= 0.6 is 24.0 Å². The third-order valence-corrected chi connectivity index (χ3v) is 7.27. The number of aryl methyl sites for hydroxylation is 1. The second-order valence-corrected chi connectivity index (χ2v) is 9.62. The number of sulfonamides is 1. The van der Waals surface area contributed by atoms with Gasteiger partial charge in [-0.2, -0.15) is 0 Å². The van der Waals surface area contributed by atoms with Gasteiger partial charge in [0.15, 0.2) is 0 Å². The van der Waals surface area contributed by atoms with E-state index >= 15 is 0 Å². The first-order chi connectivity index (χ1) is 14.2. The second-order valence-electron chi connectivity index (χ2n) is 7.53. The van der Waals surface area contributed by atoms with E-state index in [0.717, 1.165) is 43.6 Å². The molecule has 0 saturated carbocycles. The van der Waals surface area contributed by atoms with Crippen LogP contribution in [0.1, 0.15) is 35.7 Å². The molecule has 170 valence electrons. The van der Waals surface area contributed by atoms with Crippen molar-refractivity contribution < 1.29 is 17.6 Å². The molecule has 1 amide bonds. The zero-order chi connectivity index (χ0) is 21.9. The molecule has 2 aromatic rings. The molecule has 1 heterocycles. The van der Waals surface area contributed by atoms with Crippen LogP contribution < -0.4 is 15.4 Å². The number of carbonyl (C=O) groups is 1. The van der Waals surface area contributed by atoms with Gasteiger partial charge in [0.1, 0.15) is 10.7 Å². The standard InChI is InChI=1S/C21H25ClFN3O3S.ClH/c1-13-5-3-4-6-16(13)21(27)25-19-12-18(23)20(11-17(19)22)30(28,29)26-14(2)15-7-9-24-10-8-15;/h3-6,11-12,14-15,24,26H,7-10H2,1-2H3,(H,25,27);1H/t14-;/m1./s1. The summed E-state index contributed by atoms with van der Waals surface area (Å²) in [5.41, 5.74) is 1.18. The monoisotopic (exact) mass is 489 g/mol. The van der Waals surface area contributed by atoms with Gasteiger partial charge in [0, 0.05) is 17.7 Å². The average Bonchev–Trinajstić information content (AvgIpc) is 2.71. The maximum Gasteiger partial charge on any atom is 0.255 e. The highest BCUT2D eigenvalue weighted by atomic mass is 35.5. The first-order valence-corrected chi connectivity index (χ1v) is 11.6. The fraction of sp³-hybridized carbons (Fsp3) is 0.381. The molecule has 10 heteroatoms. The maximum atomic E-state index is 14.7. The van der Waals surface area contributed by atoms with Crippen molar-refractivity contribution in [3.05, 3.63) is 58.4 Å². The van der Waals surface area contributed by atoms with Crippen molar-refractivity contribution >= 4 is 45.6 Å². The van der Waals surface area contributed by atoms with E-state index < -0.39 is 26.6 Å². The van der Waals surface area contributed by atoms with E-state index in [2.05, 4.69) is 15.4 Å². The van der Waals surface area contributed by atoms with Crippen molar-refractivity contribution in [1.29, 1.82) is 0 Å². The van der Waals surface area contributed by atoms with Crippen LogP contribution in [0.15, 0.2) is 41.3 Å². The minimum Gasteiger partial charge on any atom is -0.321 e. The van der Waals surface area contributed by atoms with Crippen LogP contribution in [0, 0.1) is 18.7 Å². The van der Waals surface area contributed by atoms with Crippen LogP contribution in [-0.2, 0) is 10.0 Å². The van der Waals surface area contributed by atoms with E-state index in [9.17, 15) is 17.6 Å². The van der Waals surface area contributed by atoms with Crippen molar-refractivity contribution in [3.63, 3.8) is 0 Å². The molecule has 2 aromatic carbocycles. The maximum absolute atomic E-state index is 14.7. The third-order valence-electron chi connectivity index (χ3n) is 5.38. The fourth-order valence-corrected chi connectivity index (χ4v) is 5.27. The molecule has 6 nitrogen and oxygen atoms in total. The summed E-state index contributed by atoms with van der Waals surface area (Å²) < 4.78 is 42.8. The van der Waals surface area contributed by atoms with Crippen molar-refractivity contribution in [2.24, 2.45) is 5.92 Å². The number of benzene rings is 2. The lowest BCUT2D eigenvalue weighted by molar-refractivity contribution is 0.102. The molecule has 0 unspecified atom stereocenters. The number of carbonyl (C=O) groups excluding carboxylic acids is 1. The molecular weight excluding hydrogens is 464 g/mol. The highest BCUT2D eigenvalue weighted by Gasteiger charge is 2.28. The second kappa shape index (κ2) is 10.7. The number of nitrogens with one attached hydrogen (secondary N) is 3. The summed E-state index contributed by atoms with van der Waals surface area (Å²) >= 11 is 6.18. The number of hydrogen-bond acceptors (Lipinski definition) is 4. The van der Waals surface area contributed by atoms with Crippen LogP contribution in [0.4, 0.5) is 10.1 Å². The smallest absolute Gasteiger partial charge is 0.255 e. The zero-order valence-corrected chi connectivity index (χ0v) is 19.6. The lowest BCUT2D eigenvalue weighted by Gasteiger charge is -2.28. The summed E-state index contributed by atoms with van der Waals surface area (Å²) in [4.78, 5) is 11.9. The molecule has 0 aromatic heterocycles. The summed E-state index contributed by atoms with van der Waals surface area (Å²) in [6.07, 6.45) is 1.69. The topological polar surface area (TPSA) is 87.3 Å². The normalized spacial score (nSPS) is 15.7. The van der Waals surface area contributed by atoms with Crippen LogP contribution in [0.3, 0.4) is 0 Å². The van der Waals surface area contributed by atoms with Gasteiger partial charge >= 0.3 is 0 Å². The van der Waals surface area contributed by atoms with Crippen LogP contribution in [0.5, 0.6) is 0 Å². The summed E-state index contributed by atoms with van der Waals surface area (Å²) in [7, 11) is -4.11. The molecule has 3 N–H and O–H groups in total. The highest BCUT2D eigenvalue weighted by molar-refractivity contribution is 7.89. The zero-order valence-electron chi connectivity index (χ0n) is 17.2. The predicted molar refractivity (Wildman–Crippen MR) is 123 cm³/mol. The Morgan fingerprint density at radius 1 is 1.23 bits per heavy atom. The molecule has 1 atom stereocenters. The third kappa shape index (κ3) is 6.17. The molecule has 1 fully saturated rings. The number of anilines is 1. The molecule has 1 aliphatic rings. The Balaban J connectivity index is 0.00000341. The quantitative estimate of drug-likeness (QED) is 0.569. The molecule has 0 aliphatic carbocycles. The van der Waals surface area contributed by atoms with Crippen molar-refractivity contribution in [2.75, 3.05) is 18.4 Å². The number of piperidine rings is 1. The van der Waals surface area contributed by atoms with E-state index in [1.54, 1.807) is 38.1 Å². The van der Waals surface area contributed by atoms with Gasteiger partial charge < -0.3 is 10.6 Å². The van der Waals surface area contributed by atoms with E-state index in [1.165, 1.54) is 0 Å². The van der Waals surface area contributed by atoms with Crippen LogP contribution in [0.2, 0.25) is 5.02 Å². The summed E-state index contributed by atoms with van der Waals surface area (Å²) in [6.45, 7) is 5.21. The number of halogens is 3. The Morgan fingerprint density at radius 3 is 2.52 bits per heavy atom. The van der Waals surface area contributed by atoms with Gasteiger partial charge in [0.2, 0.25) is 10.0 Å². The molecule has 31 heavy (non-hydrogen) atoms. The van der Waals surface area contributed by atoms with E-state index in [0.29, 0.717) is 5.56 Å². The van der Waals surface area contributed by atoms with Gasteiger partial charge in [-0.1, -0.05) is 29.8 Å². The largest absolute Gasteiger partial charge is 0.321 e.